The summed E-state index contributed by atoms with van der Waals surface area (Å²) in [6.07, 6.45) is 0. The summed E-state index contributed by atoms with van der Waals surface area (Å²) in [7, 11) is 1.43. The van der Waals surface area contributed by atoms with Crippen LogP contribution in [0.25, 0.3) is 11.2 Å². The van der Waals surface area contributed by atoms with E-state index in [1.807, 2.05) is 0 Å². The van der Waals surface area contributed by atoms with Gasteiger partial charge in [-0.1, -0.05) is 16.8 Å². The van der Waals surface area contributed by atoms with Crippen LogP contribution in [0.2, 0.25) is 5.15 Å². The number of hydrogen-bond acceptors (Lipinski definition) is 8. The van der Waals surface area contributed by atoms with Gasteiger partial charge < -0.3 is 10.5 Å². The van der Waals surface area contributed by atoms with Gasteiger partial charge in [-0.15, -0.1) is 5.10 Å². The highest BCUT2D eigenvalue weighted by Crippen LogP contribution is 2.26. The van der Waals surface area contributed by atoms with Gasteiger partial charge >= 0.3 is 0 Å². The van der Waals surface area contributed by atoms with Crippen LogP contribution in [0, 0.1) is 10.1 Å². The average molecular weight is 336 g/mol. The quantitative estimate of drug-likeness (QED) is 0.429. The van der Waals surface area contributed by atoms with Gasteiger partial charge in [-0.25, -0.2) is 4.68 Å². The summed E-state index contributed by atoms with van der Waals surface area (Å²) in [5.74, 6) is 0.359. The first-order chi connectivity index (χ1) is 11.0. The summed E-state index contributed by atoms with van der Waals surface area (Å²) < 4.78 is 6.66. The Kier molecular flexibility index (Phi) is 3.66. The summed E-state index contributed by atoms with van der Waals surface area (Å²) in [6.45, 7) is 0.227. The number of methoxy groups -OCH3 is 1. The van der Waals surface area contributed by atoms with Crippen LogP contribution in [-0.2, 0) is 6.54 Å². The molecule has 0 saturated heterocycles. The average Bonchev–Trinajstić information content (AvgIpc) is 2.90. The minimum Gasteiger partial charge on any atom is -0.496 e. The van der Waals surface area contributed by atoms with E-state index < -0.39 is 4.92 Å². The molecule has 3 aromatic rings. The van der Waals surface area contributed by atoms with Gasteiger partial charge in [0.15, 0.2) is 16.3 Å². The van der Waals surface area contributed by atoms with Crippen molar-refractivity contribution in [2.24, 2.45) is 0 Å². The molecule has 0 atom stereocenters. The van der Waals surface area contributed by atoms with E-state index in [4.69, 9.17) is 22.1 Å². The third-order valence-corrected chi connectivity index (χ3v) is 3.40. The third kappa shape index (κ3) is 2.71. The van der Waals surface area contributed by atoms with Gasteiger partial charge in [0.1, 0.15) is 5.75 Å². The molecular weight excluding hydrogens is 326 g/mol. The minimum absolute atomic E-state index is 0.00159. The highest BCUT2D eigenvalue weighted by atomic mass is 35.5. The highest BCUT2D eigenvalue weighted by Gasteiger charge is 2.16. The number of non-ortho nitro benzene ring substituents is 1. The summed E-state index contributed by atoms with van der Waals surface area (Å²) in [6, 6.07) is 4.30. The third-order valence-electron chi connectivity index (χ3n) is 3.14. The first-order valence-electron chi connectivity index (χ1n) is 6.33. The number of aromatic nitrogens is 5. The highest BCUT2D eigenvalue weighted by molar-refractivity contribution is 6.33. The molecule has 0 amide bonds. The number of rotatable bonds is 4. The topological polar surface area (TPSA) is 135 Å². The van der Waals surface area contributed by atoms with Crippen molar-refractivity contribution in [3.8, 4) is 5.75 Å². The van der Waals surface area contributed by atoms with Crippen LogP contribution >= 0.6 is 11.6 Å². The van der Waals surface area contributed by atoms with Crippen molar-refractivity contribution in [2.75, 3.05) is 12.8 Å². The normalized spacial score (nSPS) is 10.9. The molecule has 11 heteroatoms. The number of benzene rings is 1. The lowest BCUT2D eigenvalue weighted by atomic mass is 10.2. The van der Waals surface area contributed by atoms with Crippen molar-refractivity contribution in [1.29, 1.82) is 0 Å². The van der Waals surface area contributed by atoms with E-state index in [0.717, 1.165) is 0 Å². The lowest BCUT2D eigenvalue weighted by molar-refractivity contribution is -0.384. The van der Waals surface area contributed by atoms with Crippen molar-refractivity contribution in [2.45, 2.75) is 6.54 Å². The standard InChI is InChI=1S/C12H10ClN7O3/c1-23-8-4-7(20(21)22)3-2-6(8)5-19-11-9(17-18-19)10(13)15-12(14)16-11/h2-4H,5H2,1H3,(H2,14,15,16). The van der Waals surface area contributed by atoms with Crippen LogP contribution in [0.1, 0.15) is 5.56 Å². The van der Waals surface area contributed by atoms with Crippen LogP contribution in [-0.4, -0.2) is 37.0 Å². The molecule has 0 fully saturated rings. The number of nitro groups is 1. The van der Waals surface area contributed by atoms with E-state index in [9.17, 15) is 10.1 Å². The van der Waals surface area contributed by atoms with Gasteiger partial charge in [0.25, 0.3) is 5.69 Å². The zero-order valence-corrected chi connectivity index (χ0v) is 12.6. The predicted molar refractivity (Wildman–Crippen MR) is 81.3 cm³/mol. The van der Waals surface area contributed by atoms with Crippen molar-refractivity contribution >= 4 is 34.4 Å². The number of nitrogen functional groups attached to an aromatic ring is 1. The molecule has 10 nitrogen and oxygen atoms in total. The number of nitrogens with two attached hydrogens (primary N) is 1. The molecule has 0 aliphatic heterocycles. The molecule has 2 N–H and O–H groups in total. The number of nitro benzene ring substituents is 1. The summed E-state index contributed by atoms with van der Waals surface area (Å²) in [5, 5.41) is 18.8. The summed E-state index contributed by atoms with van der Waals surface area (Å²) >= 11 is 5.95. The molecule has 0 saturated carbocycles. The SMILES string of the molecule is COc1cc([N+](=O)[O-])ccc1Cn1nnc2c(Cl)nc(N)nc21. The van der Waals surface area contributed by atoms with Gasteiger partial charge in [-0.3, -0.25) is 10.1 Å². The Morgan fingerprint density at radius 3 is 2.91 bits per heavy atom. The van der Waals surface area contributed by atoms with Gasteiger partial charge in [0.05, 0.1) is 24.6 Å². The molecule has 1 aromatic carbocycles. The van der Waals surface area contributed by atoms with E-state index in [1.54, 1.807) is 6.07 Å². The number of ether oxygens (including phenoxy) is 1. The Bertz CT molecular complexity index is 911. The fourth-order valence-corrected chi connectivity index (χ4v) is 2.29. The molecule has 0 aliphatic rings. The second-order valence-electron chi connectivity index (χ2n) is 4.55. The monoisotopic (exact) mass is 335 g/mol. The van der Waals surface area contributed by atoms with E-state index in [0.29, 0.717) is 22.5 Å². The van der Waals surface area contributed by atoms with E-state index >= 15 is 0 Å². The minimum atomic E-state index is -0.495. The van der Waals surface area contributed by atoms with Crippen molar-refractivity contribution < 1.29 is 9.66 Å². The van der Waals surface area contributed by atoms with Crippen LogP contribution < -0.4 is 10.5 Å². The number of hydrogen-bond donors (Lipinski definition) is 1. The number of halogens is 1. The van der Waals surface area contributed by atoms with Gasteiger partial charge in [-0.05, 0) is 6.07 Å². The maximum Gasteiger partial charge on any atom is 0.273 e. The second kappa shape index (κ2) is 5.65. The van der Waals surface area contributed by atoms with Crippen LogP contribution in [0.5, 0.6) is 5.75 Å². The Morgan fingerprint density at radius 2 is 2.22 bits per heavy atom. The Hall–Kier alpha value is -3.01. The molecule has 23 heavy (non-hydrogen) atoms. The van der Waals surface area contributed by atoms with Gasteiger partial charge in [0, 0.05) is 11.6 Å². The van der Waals surface area contributed by atoms with Gasteiger partial charge in [0.2, 0.25) is 5.95 Å². The lowest BCUT2D eigenvalue weighted by Crippen LogP contribution is -2.06. The summed E-state index contributed by atoms with van der Waals surface area (Å²) in [5.41, 5.74) is 6.86. The molecule has 0 bridgehead atoms. The molecule has 0 spiro atoms. The maximum absolute atomic E-state index is 10.8. The first kappa shape index (κ1) is 14.9. The predicted octanol–water partition coefficient (Wildman–Crippen LogP) is 1.42. The zero-order chi connectivity index (χ0) is 16.6. The largest absolute Gasteiger partial charge is 0.496 e. The Balaban J connectivity index is 2.04. The summed E-state index contributed by atoms with van der Waals surface area (Å²) in [4.78, 5) is 18.2. The zero-order valence-electron chi connectivity index (χ0n) is 11.8. The van der Waals surface area contributed by atoms with Crippen LogP contribution in [0.4, 0.5) is 11.6 Å². The Labute approximate surface area is 134 Å². The van der Waals surface area contributed by atoms with E-state index in [2.05, 4.69) is 20.3 Å². The molecule has 0 radical (unpaired) electrons. The fourth-order valence-electron chi connectivity index (χ4n) is 2.08. The molecular formula is C12H10ClN7O3. The molecule has 118 valence electrons. The maximum atomic E-state index is 10.8. The molecule has 3 rings (SSSR count). The number of anilines is 1. The van der Waals surface area contributed by atoms with Crippen molar-refractivity contribution in [3.63, 3.8) is 0 Å². The molecule has 0 unspecified atom stereocenters. The van der Waals surface area contributed by atoms with E-state index in [1.165, 1.54) is 23.9 Å². The van der Waals surface area contributed by atoms with Crippen molar-refractivity contribution in [1.82, 2.24) is 25.0 Å². The molecule has 0 aliphatic carbocycles. The lowest BCUT2D eigenvalue weighted by Gasteiger charge is -2.08. The van der Waals surface area contributed by atoms with Crippen LogP contribution in [0.15, 0.2) is 18.2 Å². The second-order valence-corrected chi connectivity index (χ2v) is 4.90. The van der Waals surface area contributed by atoms with Crippen LogP contribution in [0.3, 0.4) is 0 Å². The Morgan fingerprint density at radius 1 is 1.43 bits per heavy atom. The number of fused-ring (bicyclic) bond motifs is 1. The van der Waals surface area contributed by atoms with Gasteiger partial charge in [-0.2, -0.15) is 9.97 Å². The smallest absolute Gasteiger partial charge is 0.273 e. The van der Waals surface area contributed by atoms with E-state index in [-0.39, 0.29) is 23.3 Å². The first-order valence-corrected chi connectivity index (χ1v) is 6.71. The van der Waals surface area contributed by atoms with Crippen molar-refractivity contribution in [3.05, 3.63) is 39.0 Å². The number of nitrogens with zero attached hydrogens (tertiary/aromatic N) is 6. The molecule has 2 aromatic heterocycles. The fraction of sp³-hybridized carbons (Fsp3) is 0.167. The molecule has 2 heterocycles.